The molecule has 0 radical (unpaired) electrons. The van der Waals surface area contributed by atoms with Gasteiger partial charge < -0.3 is 4.74 Å². The summed E-state index contributed by atoms with van der Waals surface area (Å²) in [7, 11) is 0. The summed E-state index contributed by atoms with van der Waals surface area (Å²) in [5.41, 5.74) is 2.84. The van der Waals surface area contributed by atoms with E-state index in [4.69, 9.17) is 17.0 Å². The lowest BCUT2D eigenvalue weighted by atomic mass is 10.1. The first kappa shape index (κ1) is 16.9. The third-order valence-corrected chi connectivity index (χ3v) is 3.88. The van der Waals surface area contributed by atoms with Crippen LogP contribution in [0.25, 0.3) is 6.08 Å². The maximum Gasteiger partial charge on any atom is 0.263 e. The van der Waals surface area contributed by atoms with Crippen molar-refractivity contribution in [3.8, 4) is 5.75 Å². The first-order valence-corrected chi connectivity index (χ1v) is 8.09. The maximum atomic E-state index is 12.0. The van der Waals surface area contributed by atoms with Gasteiger partial charge in [-0.05, 0) is 36.8 Å². The van der Waals surface area contributed by atoms with Gasteiger partial charge in [-0.3, -0.25) is 20.2 Å². The SMILES string of the molecule is Cc1ccc(COc2ccccc2C=C2C(=O)NC(=S)NC2=O)cc1. The highest BCUT2D eigenvalue weighted by atomic mass is 32.1. The molecule has 0 aliphatic carbocycles. The minimum Gasteiger partial charge on any atom is -0.488 e. The Hall–Kier alpha value is -2.99. The average Bonchev–Trinajstić information content (AvgIpc) is 2.58. The summed E-state index contributed by atoms with van der Waals surface area (Å²) in [4.78, 5) is 23.9. The molecule has 5 nitrogen and oxygen atoms in total. The van der Waals surface area contributed by atoms with Crippen molar-refractivity contribution in [3.63, 3.8) is 0 Å². The van der Waals surface area contributed by atoms with Crippen LogP contribution in [0.5, 0.6) is 5.75 Å². The molecule has 0 saturated carbocycles. The Morgan fingerprint density at radius 2 is 1.64 bits per heavy atom. The van der Waals surface area contributed by atoms with Gasteiger partial charge in [0.1, 0.15) is 17.9 Å². The minimum absolute atomic E-state index is 0.0102. The number of hydrogen-bond acceptors (Lipinski definition) is 4. The number of amides is 2. The molecule has 0 bridgehead atoms. The number of carbonyl (C=O) groups excluding carboxylic acids is 2. The summed E-state index contributed by atoms with van der Waals surface area (Å²) in [6.45, 7) is 2.42. The first-order valence-electron chi connectivity index (χ1n) is 7.68. The van der Waals surface area contributed by atoms with Crippen LogP contribution in [0.15, 0.2) is 54.1 Å². The summed E-state index contributed by atoms with van der Waals surface area (Å²) < 4.78 is 5.86. The second-order valence-electron chi connectivity index (χ2n) is 5.61. The zero-order chi connectivity index (χ0) is 17.8. The van der Waals surface area contributed by atoms with E-state index in [-0.39, 0.29) is 10.7 Å². The third kappa shape index (κ3) is 4.10. The van der Waals surface area contributed by atoms with Crippen molar-refractivity contribution in [3.05, 3.63) is 70.8 Å². The van der Waals surface area contributed by atoms with E-state index in [1.807, 2.05) is 43.3 Å². The minimum atomic E-state index is -0.526. The monoisotopic (exact) mass is 352 g/mol. The number of carbonyl (C=O) groups is 2. The van der Waals surface area contributed by atoms with Gasteiger partial charge in [-0.2, -0.15) is 0 Å². The van der Waals surface area contributed by atoms with Crippen LogP contribution >= 0.6 is 12.2 Å². The number of nitrogens with one attached hydrogen (secondary N) is 2. The van der Waals surface area contributed by atoms with Crippen molar-refractivity contribution in [2.45, 2.75) is 13.5 Å². The van der Waals surface area contributed by atoms with Gasteiger partial charge in [-0.25, -0.2) is 0 Å². The molecule has 0 spiro atoms. The van der Waals surface area contributed by atoms with Gasteiger partial charge in [0, 0.05) is 5.56 Å². The lowest BCUT2D eigenvalue weighted by Gasteiger charge is -2.17. The van der Waals surface area contributed by atoms with E-state index in [9.17, 15) is 9.59 Å². The molecule has 3 rings (SSSR count). The molecule has 1 aliphatic rings. The van der Waals surface area contributed by atoms with Crippen molar-refractivity contribution in [2.75, 3.05) is 0 Å². The molecule has 0 unspecified atom stereocenters. The van der Waals surface area contributed by atoms with Crippen LogP contribution in [-0.2, 0) is 16.2 Å². The predicted octanol–water partition coefficient (Wildman–Crippen LogP) is 2.49. The highest BCUT2D eigenvalue weighted by Gasteiger charge is 2.26. The van der Waals surface area contributed by atoms with Gasteiger partial charge in [-0.1, -0.05) is 48.0 Å². The van der Waals surface area contributed by atoms with Gasteiger partial charge in [-0.15, -0.1) is 0 Å². The molecule has 1 aliphatic heterocycles. The fourth-order valence-corrected chi connectivity index (χ4v) is 2.52. The molecule has 126 valence electrons. The van der Waals surface area contributed by atoms with E-state index in [2.05, 4.69) is 10.6 Å². The van der Waals surface area contributed by atoms with Crippen LogP contribution in [0.2, 0.25) is 0 Å². The molecule has 0 aromatic heterocycles. The standard InChI is InChI=1S/C19H16N2O3S/c1-12-6-8-13(9-7-12)11-24-16-5-3-2-4-14(16)10-15-17(22)20-19(25)21-18(15)23/h2-10H,11H2,1H3,(H2,20,21,22,23,25). The molecule has 2 aromatic rings. The van der Waals surface area contributed by atoms with Crippen LogP contribution in [0.1, 0.15) is 16.7 Å². The zero-order valence-electron chi connectivity index (χ0n) is 13.5. The number of thiocarbonyl (C=S) groups is 1. The second-order valence-corrected chi connectivity index (χ2v) is 6.02. The number of aryl methyl sites for hydroxylation is 1. The van der Waals surface area contributed by atoms with Crippen LogP contribution in [-0.4, -0.2) is 16.9 Å². The van der Waals surface area contributed by atoms with E-state index >= 15 is 0 Å². The van der Waals surface area contributed by atoms with E-state index in [0.29, 0.717) is 17.9 Å². The van der Waals surface area contributed by atoms with Crippen molar-refractivity contribution in [1.82, 2.24) is 10.6 Å². The summed E-state index contributed by atoms with van der Waals surface area (Å²) >= 11 is 4.79. The number of hydrogen-bond donors (Lipinski definition) is 2. The van der Waals surface area contributed by atoms with E-state index < -0.39 is 11.8 Å². The highest BCUT2D eigenvalue weighted by molar-refractivity contribution is 7.80. The number of para-hydroxylation sites is 1. The molecular formula is C19H16N2O3S. The van der Waals surface area contributed by atoms with Crippen LogP contribution in [0.3, 0.4) is 0 Å². The average molecular weight is 352 g/mol. The van der Waals surface area contributed by atoms with Crippen molar-refractivity contribution in [2.24, 2.45) is 0 Å². The molecule has 2 amide bonds. The predicted molar refractivity (Wildman–Crippen MR) is 98.8 cm³/mol. The van der Waals surface area contributed by atoms with E-state index in [0.717, 1.165) is 5.56 Å². The summed E-state index contributed by atoms with van der Waals surface area (Å²) in [5.74, 6) is -0.464. The van der Waals surface area contributed by atoms with Crippen molar-refractivity contribution in [1.29, 1.82) is 0 Å². The third-order valence-electron chi connectivity index (χ3n) is 3.68. The summed E-state index contributed by atoms with van der Waals surface area (Å²) in [6, 6.07) is 15.3. The molecule has 1 fully saturated rings. The lowest BCUT2D eigenvalue weighted by molar-refractivity contribution is -0.123. The number of benzene rings is 2. The van der Waals surface area contributed by atoms with Gasteiger partial charge in [0.25, 0.3) is 11.8 Å². The molecule has 1 saturated heterocycles. The van der Waals surface area contributed by atoms with E-state index in [1.54, 1.807) is 12.1 Å². The lowest BCUT2D eigenvalue weighted by Crippen LogP contribution is -2.51. The Morgan fingerprint density at radius 3 is 2.32 bits per heavy atom. The molecule has 2 aromatic carbocycles. The normalized spacial score (nSPS) is 14.0. The fraction of sp³-hybridized carbons (Fsp3) is 0.105. The molecular weight excluding hydrogens is 336 g/mol. The molecule has 1 heterocycles. The fourth-order valence-electron chi connectivity index (χ4n) is 2.34. The molecule has 2 N–H and O–H groups in total. The second kappa shape index (κ2) is 7.27. The molecule has 25 heavy (non-hydrogen) atoms. The molecule has 6 heteroatoms. The van der Waals surface area contributed by atoms with Crippen molar-refractivity contribution >= 4 is 35.2 Å². The van der Waals surface area contributed by atoms with Crippen LogP contribution in [0, 0.1) is 6.92 Å². The van der Waals surface area contributed by atoms with Gasteiger partial charge in [0.05, 0.1) is 0 Å². The Kier molecular flexibility index (Phi) is 4.90. The molecule has 0 atom stereocenters. The van der Waals surface area contributed by atoms with Gasteiger partial charge in [0.2, 0.25) is 0 Å². The quantitative estimate of drug-likeness (QED) is 0.504. The van der Waals surface area contributed by atoms with Crippen LogP contribution < -0.4 is 15.4 Å². The summed E-state index contributed by atoms with van der Waals surface area (Å²) in [6.07, 6.45) is 1.50. The summed E-state index contributed by atoms with van der Waals surface area (Å²) in [5, 5.41) is 4.84. The van der Waals surface area contributed by atoms with E-state index in [1.165, 1.54) is 11.6 Å². The Bertz CT molecular complexity index is 850. The largest absolute Gasteiger partial charge is 0.488 e. The Labute approximate surface area is 150 Å². The first-order chi connectivity index (χ1) is 12.0. The van der Waals surface area contributed by atoms with Gasteiger partial charge >= 0.3 is 0 Å². The Morgan fingerprint density at radius 1 is 1.00 bits per heavy atom. The maximum absolute atomic E-state index is 12.0. The van der Waals surface area contributed by atoms with Gasteiger partial charge in [0.15, 0.2) is 5.11 Å². The Balaban J connectivity index is 1.82. The number of rotatable bonds is 4. The smallest absolute Gasteiger partial charge is 0.263 e. The topological polar surface area (TPSA) is 67.4 Å². The highest BCUT2D eigenvalue weighted by Crippen LogP contribution is 2.23. The number of ether oxygens (including phenoxy) is 1. The zero-order valence-corrected chi connectivity index (χ0v) is 14.4. The van der Waals surface area contributed by atoms with Crippen LogP contribution in [0.4, 0.5) is 0 Å². The van der Waals surface area contributed by atoms with Crippen molar-refractivity contribution < 1.29 is 14.3 Å².